The fourth-order valence-electron chi connectivity index (χ4n) is 1.44. The summed E-state index contributed by atoms with van der Waals surface area (Å²) in [6.07, 6.45) is 0. The highest BCUT2D eigenvalue weighted by molar-refractivity contribution is 5.92. The van der Waals surface area contributed by atoms with Gasteiger partial charge in [-0.15, -0.1) is 0 Å². The molecule has 0 aliphatic rings. The summed E-state index contributed by atoms with van der Waals surface area (Å²) in [7, 11) is 1.89. The first kappa shape index (κ1) is 14.7. The first-order valence-electron chi connectivity index (χ1n) is 5.92. The lowest BCUT2D eigenvalue weighted by Crippen LogP contribution is -2.45. The molecule has 0 aromatic carbocycles. The molecule has 0 aliphatic carbocycles. The fourth-order valence-corrected chi connectivity index (χ4v) is 1.44. The van der Waals surface area contributed by atoms with Crippen LogP contribution in [0.3, 0.4) is 0 Å². The van der Waals surface area contributed by atoms with Gasteiger partial charge >= 0.3 is 0 Å². The molecule has 1 aromatic heterocycles. The second kappa shape index (κ2) is 5.97. The summed E-state index contributed by atoms with van der Waals surface area (Å²) < 4.78 is 4.76. The van der Waals surface area contributed by atoms with E-state index >= 15 is 0 Å². The molecule has 1 atom stereocenters. The minimum atomic E-state index is -0.296. The topological polar surface area (TPSA) is 87.4 Å². The molecule has 0 spiro atoms. The zero-order valence-electron chi connectivity index (χ0n) is 11.3. The van der Waals surface area contributed by atoms with Gasteiger partial charge in [-0.25, -0.2) is 0 Å². The van der Waals surface area contributed by atoms with E-state index in [2.05, 4.69) is 36.6 Å². The van der Waals surface area contributed by atoms with Crippen molar-refractivity contribution in [2.45, 2.75) is 33.4 Å². The van der Waals surface area contributed by atoms with E-state index in [1.54, 1.807) is 0 Å². The van der Waals surface area contributed by atoms with Crippen molar-refractivity contribution in [2.75, 3.05) is 13.6 Å². The highest BCUT2D eigenvalue weighted by Crippen LogP contribution is 2.18. The number of carbonyl (C=O) groups is 1. The van der Waals surface area contributed by atoms with Gasteiger partial charge < -0.3 is 20.3 Å². The van der Waals surface area contributed by atoms with E-state index in [4.69, 9.17) is 9.63 Å². The largest absolute Gasteiger partial charge is 0.388 e. The molecular weight excluding hydrogens is 234 g/mol. The second-order valence-corrected chi connectivity index (χ2v) is 5.02. The maximum Gasteiger partial charge on any atom is 0.273 e. The molecule has 0 radical (unpaired) electrons. The lowest BCUT2D eigenvalue weighted by molar-refractivity contribution is 0.0919. The van der Waals surface area contributed by atoms with E-state index in [1.165, 1.54) is 6.07 Å². The Balaban J connectivity index is 2.55. The van der Waals surface area contributed by atoms with Gasteiger partial charge in [0.2, 0.25) is 0 Å². The van der Waals surface area contributed by atoms with Crippen molar-refractivity contribution in [1.29, 1.82) is 0 Å². The number of carbonyl (C=O) groups excluding carboxylic acids is 1. The number of amides is 1. The number of nitrogens with zero attached hydrogens (tertiary/aromatic N) is 1. The van der Waals surface area contributed by atoms with Crippen LogP contribution in [0.15, 0.2) is 10.6 Å². The predicted octanol–water partition coefficient (Wildman–Crippen LogP) is 0.531. The Hall–Kier alpha value is -1.40. The minimum absolute atomic E-state index is 0.0754. The van der Waals surface area contributed by atoms with Crippen LogP contribution in [-0.4, -0.2) is 35.8 Å². The molecule has 0 saturated carbocycles. The van der Waals surface area contributed by atoms with Gasteiger partial charge in [0.25, 0.3) is 5.91 Å². The van der Waals surface area contributed by atoms with E-state index in [0.717, 1.165) is 0 Å². The van der Waals surface area contributed by atoms with Crippen molar-refractivity contribution in [3.63, 3.8) is 0 Å². The molecule has 1 aromatic rings. The summed E-state index contributed by atoms with van der Waals surface area (Å²) >= 11 is 0. The Kier molecular flexibility index (Phi) is 4.86. The van der Waals surface area contributed by atoms with Crippen LogP contribution in [0.25, 0.3) is 0 Å². The standard InChI is InChI=1S/C12H21N3O3/c1-8(13-4)12(2,3)7-14-11(17)10-5-9(6-16)18-15-10/h5,8,13,16H,6-7H2,1-4H3,(H,14,17). The van der Waals surface area contributed by atoms with Crippen molar-refractivity contribution < 1.29 is 14.4 Å². The van der Waals surface area contributed by atoms with Crippen LogP contribution >= 0.6 is 0 Å². The summed E-state index contributed by atoms with van der Waals surface area (Å²) in [5.41, 5.74) is 0.112. The second-order valence-electron chi connectivity index (χ2n) is 5.02. The van der Waals surface area contributed by atoms with Crippen LogP contribution in [0.4, 0.5) is 0 Å². The number of hydrogen-bond donors (Lipinski definition) is 3. The quantitative estimate of drug-likeness (QED) is 0.690. The molecule has 102 valence electrons. The molecule has 6 nitrogen and oxygen atoms in total. The average Bonchev–Trinajstić information content (AvgIpc) is 2.83. The summed E-state index contributed by atoms with van der Waals surface area (Å²) in [6.45, 7) is 6.45. The first-order valence-corrected chi connectivity index (χ1v) is 5.92. The van der Waals surface area contributed by atoms with Crippen LogP contribution in [-0.2, 0) is 6.61 Å². The number of aliphatic hydroxyl groups is 1. The van der Waals surface area contributed by atoms with Crippen molar-refractivity contribution >= 4 is 5.91 Å². The number of aliphatic hydroxyl groups excluding tert-OH is 1. The zero-order chi connectivity index (χ0) is 13.8. The Morgan fingerprint density at radius 3 is 2.78 bits per heavy atom. The van der Waals surface area contributed by atoms with Gasteiger partial charge in [0, 0.05) is 18.7 Å². The van der Waals surface area contributed by atoms with Crippen LogP contribution in [0.5, 0.6) is 0 Å². The summed E-state index contributed by atoms with van der Waals surface area (Å²) in [5.74, 6) is -0.0159. The maximum atomic E-state index is 11.8. The highest BCUT2D eigenvalue weighted by Gasteiger charge is 2.25. The van der Waals surface area contributed by atoms with E-state index in [9.17, 15) is 4.79 Å². The minimum Gasteiger partial charge on any atom is -0.388 e. The monoisotopic (exact) mass is 255 g/mol. The van der Waals surface area contributed by atoms with Gasteiger partial charge in [0.15, 0.2) is 11.5 Å². The Bertz CT molecular complexity index is 401. The first-order chi connectivity index (χ1) is 8.40. The number of nitrogens with one attached hydrogen (secondary N) is 2. The van der Waals surface area contributed by atoms with E-state index in [0.29, 0.717) is 6.54 Å². The molecule has 1 amide bonds. The lowest BCUT2D eigenvalue weighted by Gasteiger charge is -2.31. The molecule has 1 unspecified atom stereocenters. The van der Waals surface area contributed by atoms with Crippen molar-refractivity contribution in [2.24, 2.45) is 5.41 Å². The number of hydrogen-bond acceptors (Lipinski definition) is 5. The highest BCUT2D eigenvalue weighted by atomic mass is 16.5. The molecule has 1 heterocycles. The Morgan fingerprint density at radius 1 is 1.61 bits per heavy atom. The SMILES string of the molecule is CNC(C)C(C)(C)CNC(=O)c1cc(CO)on1. The molecule has 0 aliphatic heterocycles. The fraction of sp³-hybridized carbons (Fsp3) is 0.667. The number of rotatable bonds is 6. The van der Waals surface area contributed by atoms with Crippen molar-refractivity contribution in [1.82, 2.24) is 15.8 Å². The molecule has 1 rings (SSSR count). The normalized spacial score (nSPS) is 13.4. The van der Waals surface area contributed by atoms with E-state index in [-0.39, 0.29) is 35.4 Å². The van der Waals surface area contributed by atoms with Crippen LogP contribution in [0.1, 0.15) is 37.0 Å². The van der Waals surface area contributed by atoms with E-state index < -0.39 is 0 Å². The third-order valence-electron chi connectivity index (χ3n) is 3.26. The van der Waals surface area contributed by atoms with Gasteiger partial charge in [0.05, 0.1) is 0 Å². The molecule has 0 fully saturated rings. The van der Waals surface area contributed by atoms with Gasteiger partial charge in [0.1, 0.15) is 6.61 Å². The molecule has 0 bridgehead atoms. The van der Waals surface area contributed by atoms with Gasteiger partial charge in [-0.05, 0) is 19.4 Å². The molecule has 0 saturated heterocycles. The molecular formula is C12H21N3O3. The smallest absolute Gasteiger partial charge is 0.273 e. The lowest BCUT2D eigenvalue weighted by atomic mass is 9.85. The summed E-state index contributed by atoms with van der Waals surface area (Å²) in [5, 5.41) is 18.4. The summed E-state index contributed by atoms with van der Waals surface area (Å²) in [6, 6.07) is 1.70. The Morgan fingerprint density at radius 2 is 2.28 bits per heavy atom. The maximum absolute atomic E-state index is 11.8. The predicted molar refractivity (Wildman–Crippen MR) is 67.1 cm³/mol. The van der Waals surface area contributed by atoms with Crippen LogP contribution in [0.2, 0.25) is 0 Å². The van der Waals surface area contributed by atoms with Gasteiger partial charge in [-0.2, -0.15) is 0 Å². The third kappa shape index (κ3) is 3.54. The summed E-state index contributed by atoms with van der Waals surface area (Å²) in [4.78, 5) is 11.8. The van der Waals surface area contributed by atoms with Crippen molar-refractivity contribution in [3.8, 4) is 0 Å². The molecule has 3 N–H and O–H groups in total. The molecule has 6 heteroatoms. The number of aromatic nitrogens is 1. The van der Waals surface area contributed by atoms with Crippen molar-refractivity contribution in [3.05, 3.63) is 17.5 Å². The average molecular weight is 255 g/mol. The Labute approximate surface area is 107 Å². The van der Waals surface area contributed by atoms with Crippen LogP contribution < -0.4 is 10.6 Å². The molecule has 18 heavy (non-hydrogen) atoms. The third-order valence-corrected chi connectivity index (χ3v) is 3.26. The zero-order valence-corrected chi connectivity index (χ0v) is 11.3. The van der Waals surface area contributed by atoms with Crippen LogP contribution in [0, 0.1) is 5.41 Å². The van der Waals surface area contributed by atoms with E-state index in [1.807, 2.05) is 7.05 Å². The van der Waals surface area contributed by atoms with Gasteiger partial charge in [-0.3, -0.25) is 4.79 Å². The van der Waals surface area contributed by atoms with Gasteiger partial charge in [-0.1, -0.05) is 19.0 Å².